The summed E-state index contributed by atoms with van der Waals surface area (Å²) in [5.74, 6) is 1.28. The van der Waals surface area contributed by atoms with E-state index in [4.69, 9.17) is 16.3 Å². The third-order valence-electron chi connectivity index (χ3n) is 2.88. The van der Waals surface area contributed by atoms with Crippen molar-refractivity contribution in [3.63, 3.8) is 0 Å². The van der Waals surface area contributed by atoms with E-state index < -0.39 is 0 Å². The predicted molar refractivity (Wildman–Crippen MR) is 65.0 cm³/mol. The largest absolute Gasteiger partial charge is 0.486 e. The second-order valence-electron chi connectivity index (χ2n) is 4.90. The highest BCUT2D eigenvalue weighted by molar-refractivity contribution is 6.31. The maximum Gasteiger partial charge on any atom is 0.176 e. The first-order chi connectivity index (χ1) is 7.66. The molecule has 90 valence electrons. The topological polar surface area (TPSA) is 27.1 Å². The lowest BCUT2D eigenvalue weighted by molar-refractivity contribution is 0.210. The molecule has 0 unspecified atom stereocenters. The lowest BCUT2D eigenvalue weighted by atomic mass is 10.2. The maximum atomic E-state index is 6.22. The number of halogens is 1. The van der Waals surface area contributed by atoms with E-state index in [9.17, 15) is 0 Å². The number of hydrogen-bond donors (Lipinski definition) is 0. The lowest BCUT2D eigenvalue weighted by Crippen LogP contribution is -2.11. The molecule has 0 atom stereocenters. The highest BCUT2D eigenvalue weighted by Gasteiger charge is 2.19. The molecule has 4 heteroatoms. The molecule has 1 fully saturated rings. The number of hydrogen-bond acceptors (Lipinski definition) is 2. The minimum atomic E-state index is 0.342. The van der Waals surface area contributed by atoms with Crippen LogP contribution < -0.4 is 4.74 Å². The van der Waals surface area contributed by atoms with Gasteiger partial charge in [0.15, 0.2) is 10.9 Å². The number of ether oxygens (including phenoxy) is 1. The normalized spacial score (nSPS) is 17.2. The molecule has 0 radical (unpaired) electrons. The Kier molecular flexibility index (Phi) is 3.74. The lowest BCUT2D eigenvalue weighted by Gasteiger charge is -2.12. The molecule has 1 aliphatic carbocycles. The van der Waals surface area contributed by atoms with Crippen molar-refractivity contribution in [2.24, 2.45) is 5.92 Å². The summed E-state index contributed by atoms with van der Waals surface area (Å²) in [6, 6.07) is 0. The standard InChI is InChI=1S/C12H19ClN2O/c1-9(2)8-15-12(13)11(7-14-15)16-10-5-3-4-6-10/h7,9-10H,3-6,8H2,1-2H3. The van der Waals surface area contributed by atoms with Crippen molar-refractivity contribution >= 4 is 11.6 Å². The Balaban J connectivity index is 2.01. The van der Waals surface area contributed by atoms with Gasteiger partial charge in [-0.05, 0) is 31.6 Å². The quantitative estimate of drug-likeness (QED) is 0.808. The highest BCUT2D eigenvalue weighted by atomic mass is 35.5. The first-order valence-corrected chi connectivity index (χ1v) is 6.42. The third-order valence-corrected chi connectivity index (χ3v) is 3.26. The molecule has 3 nitrogen and oxygen atoms in total. The first kappa shape index (κ1) is 11.8. The van der Waals surface area contributed by atoms with Gasteiger partial charge in [0.2, 0.25) is 0 Å². The first-order valence-electron chi connectivity index (χ1n) is 6.04. The van der Waals surface area contributed by atoms with Crippen molar-refractivity contribution in [2.45, 2.75) is 52.2 Å². The minimum Gasteiger partial charge on any atom is -0.486 e. The van der Waals surface area contributed by atoms with Crippen LogP contribution in [0.3, 0.4) is 0 Å². The Morgan fingerprint density at radius 1 is 1.50 bits per heavy atom. The smallest absolute Gasteiger partial charge is 0.176 e. The van der Waals surface area contributed by atoms with Gasteiger partial charge in [-0.25, -0.2) is 0 Å². The Hall–Kier alpha value is -0.700. The average Bonchev–Trinajstić information content (AvgIpc) is 2.82. The summed E-state index contributed by atoms with van der Waals surface area (Å²) in [6.45, 7) is 5.14. The van der Waals surface area contributed by atoms with E-state index in [1.807, 2.05) is 4.68 Å². The molecular formula is C12H19ClN2O. The van der Waals surface area contributed by atoms with Gasteiger partial charge in [-0.1, -0.05) is 25.4 Å². The predicted octanol–water partition coefficient (Wildman–Crippen LogP) is 3.51. The van der Waals surface area contributed by atoms with Crippen molar-refractivity contribution < 1.29 is 4.74 Å². The zero-order chi connectivity index (χ0) is 11.5. The summed E-state index contributed by atoms with van der Waals surface area (Å²) in [5.41, 5.74) is 0. The molecule has 0 aliphatic heterocycles. The zero-order valence-corrected chi connectivity index (χ0v) is 10.7. The van der Waals surface area contributed by atoms with E-state index >= 15 is 0 Å². The molecule has 0 saturated heterocycles. The Labute approximate surface area is 102 Å². The number of rotatable bonds is 4. The van der Waals surface area contributed by atoms with E-state index in [0.29, 0.717) is 17.2 Å². The highest BCUT2D eigenvalue weighted by Crippen LogP contribution is 2.29. The fourth-order valence-corrected chi connectivity index (χ4v) is 2.30. The average molecular weight is 243 g/mol. The molecule has 1 heterocycles. The summed E-state index contributed by atoms with van der Waals surface area (Å²) in [6.07, 6.45) is 6.90. The maximum absolute atomic E-state index is 6.22. The Morgan fingerprint density at radius 3 is 2.81 bits per heavy atom. The molecule has 0 spiro atoms. The molecule has 1 saturated carbocycles. The van der Waals surface area contributed by atoms with Gasteiger partial charge in [-0.3, -0.25) is 4.68 Å². The molecule has 0 N–H and O–H groups in total. The minimum absolute atomic E-state index is 0.342. The van der Waals surface area contributed by atoms with Crippen LogP contribution in [0.4, 0.5) is 0 Å². The van der Waals surface area contributed by atoms with Gasteiger partial charge in [0.05, 0.1) is 12.3 Å². The van der Waals surface area contributed by atoms with Crippen LogP contribution >= 0.6 is 11.6 Å². The molecule has 2 rings (SSSR count). The summed E-state index contributed by atoms with van der Waals surface area (Å²) >= 11 is 6.22. The van der Waals surface area contributed by atoms with Crippen molar-refractivity contribution in [3.8, 4) is 5.75 Å². The van der Waals surface area contributed by atoms with E-state index in [1.165, 1.54) is 12.8 Å². The molecule has 0 bridgehead atoms. The second-order valence-corrected chi connectivity index (χ2v) is 5.26. The molecule has 0 amide bonds. The zero-order valence-electron chi connectivity index (χ0n) is 9.95. The van der Waals surface area contributed by atoms with E-state index in [1.54, 1.807) is 6.20 Å². The van der Waals surface area contributed by atoms with Crippen LogP contribution in [0.5, 0.6) is 5.75 Å². The van der Waals surface area contributed by atoms with Crippen molar-refractivity contribution in [1.82, 2.24) is 9.78 Å². The van der Waals surface area contributed by atoms with Gasteiger partial charge < -0.3 is 4.74 Å². The number of nitrogens with zero attached hydrogens (tertiary/aromatic N) is 2. The molecule has 0 aromatic carbocycles. The van der Waals surface area contributed by atoms with Crippen LogP contribution in [0.2, 0.25) is 5.15 Å². The van der Waals surface area contributed by atoms with Gasteiger partial charge in [-0.2, -0.15) is 5.10 Å². The monoisotopic (exact) mass is 242 g/mol. The molecular weight excluding hydrogens is 224 g/mol. The van der Waals surface area contributed by atoms with Gasteiger partial charge >= 0.3 is 0 Å². The molecule has 16 heavy (non-hydrogen) atoms. The number of aromatic nitrogens is 2. The molecule has 1 aromatic rings. The molecule has 1 aliphatic rings. The van der Waals surface area contributed by atoms with Crippen LogP contribution in [0.15, 0.2) is 6.20 Å². The summed E-state index contributed by atoms with van der Waals surface area (Å²) in [5, 5.41) is 4.90. The van der Waals surface area contributed by atoms with Gasteiger partial charge in [0.25, 0.3) is 0 Å². The van der Waals surface area contributed by atoms with Crippen LogP contribution in [0.25, 0.3) is 0 Å². The summed E-state index contributed by atoms with van der Waals surface area (Å²) in [7, 11) is 0. The third kappa shape index (κ3) is 2.70. The Bertz CT molecular complexity index is 343. The van der Waals surface area contributed by atoms with Crippen LogP contribution in [0.1, 0.15) is 39.5 Å². The summed E-state index contributed by atoms with van der Waals surface area (Å²) in [4.78, 5) is 0. The van der Waals surface area contributed by atoms with E-state index in [0.717, 1.165) is 25.1 Å². The van der Waals surface area contributed by atoms with Crippen LogP contribution in [-0.2, 0) is 6.54 Å². The fourth-order valence-electron chi connectivity index (χ4n) is 2.09. The van der Waals surface area contributed by atoms with Crippen molar-refractivity contribution in [3.05, 3.63) is 11.3 Å². The molecule has 1 aromatic heterocycles. The van der Waals surface area contributed by atoms with Gasteiger partial charge in [0, 0.05) is 6.54 Å². The summed E-state index contributed by atoms with van der Waals surface area (Å²) < 4.78 is 7.67. The van der Waals surface area contributed by atoms with Gasteiger partial charge in [-0.15, -0.1) is 0 Å². The SMILES string of the molecule is CC(C)Cn1ncc(OC2CCCC2)c1Cl. The van der Waals surface area contributed by atoms with Crippen LogP contribution in [-0.4, -0.2) is 15.9 Å². The fraction of sp³-hybridized carbons (Fsp3) is 0.750. The Morgan fingerprint density at radius 2 is 2.19 bits per heavy atom. The van der Waals surface area contributed by atoms with Crippen molar-refractivity contribution in [2.75, 3.05) is 0 Å². The van der Waals surface area contributed by atoms with E-state index in [-0.39, 0.29) is 0 Å². The second kappa shape index (κ2) is 5.09. The van der Waals surface area contributed by atoms with E-state index in [2.05, 4.69) is 18.9 Å². The van der Waals surface area contributed by atoms with Crippen LogP contribution in [0, 0.1) is 5.92 Å². The van der Waals surface area contributed by atoms with Gasteiger partial charge in [0.1, 0.15) is 0 Å². The van der Waals surface area contributed by atoms with Crippen molar-refractivity contribution in [1.29, 1.82) is 0 Å².